The Balaban J connectivity index is 2.18. The molecule has 5 nitrogen and oxygen atoms in total. The van der Waals surface area contributed by atoms with Crippen LogP contribution in [0.1, 0.15) is 6.42 Å². The Morgan fingerprint density at radius 3 is 2.31 bits per heavy atom. The average Bonchev–Trinajstić information content (AvgIpc) is 2.28. The lowest BCUT2D eigenvalue weighted by Gasteiger charge is -2.33. The Hall–Kier alpha value is -1.12. The van der Waals surface area contributed by atoms with Crippen LogP contribution in [0.5, 0.6) is 0 Å². The Labute approximate surface area is 97.2 Å². The van der Waals surface area contributed by atoms with Gasteiger partial charge in [-0.25, -0.2) is 0 Å². The number of rotatable bonds is 4. The zero-order valence-electron chi connectivity index (χ0n) is 10.1. The van der Waals surface area contributed by atoms with Gasteiger partial charge < -0.3 is 9.80 Å². The summed E-state index contributed by atoms with van der Waals surface area (Å²) in [5, 5.41) is 8.57. The molecule has 90 valence electrons. The summed E-state index contributed by atoms with van der Waals surface area (Å²) in [6.45, 7) is 5.14. The summed E-state index contributed by atoms with van der Waals surface area (Å²) in [5.41, 5.74) is 0. The molecule has 0 N–H and O–H groups in total. The number of carbonyl (C=O) groups is 1. The van der Waals surface area contributed by atoms with Crippen LogP contribution < -0.4 is 0 Å². The molecule has 5 heteroatoms. The van der Waals surface area contributed by atoms with E-state index in [9.17, 15) is 4.79 Å². The van der Waals surface area contributed by atoms with Crippen molar-refractivity contribution in [3.63, 3.8) is 0 Å². The minimum absolute atomic E-state index is 0.180. The van der Waals surface area contributed by atoms with Gasteiger partial charge in [0.2, 0.25) is 5.91 Å². The van der Waals surface area contributed by atoms with Crippen molar-refractivity contribution in [1.82, 2.24) is 14.7 Å². The van der Waals surface area contributed by atoms with Crippen LogP contribution in [0.4, 0.5) is 0 Å². The SMILES string of the molecule is CN(C)C(=O)CCN1CCN(CC#N)CC1. The van der Waals surface area contributed by atoms with E-state index in [-0.39, 0.29) is 5.91 Å². The fraction of sp³-hybridized carbons (Fsp3) is 0.818. The van der Waals surface area contributed by atoms with Gasteiger partial charge in [-0.1, -0.05) is 0 Å². The van der Waals surface area contributed by atoms with Gasteiger partial charge in [-0.2, -0.15) is 5.26 Å². The number of hydrogen-bond donors (Lipinski definition) is 0. The van der Waals surface area contributed by atoms with E-state index in [1.54, 1.807) is 19.0 Å². The maximum Gasteiger partial charge on any atom is 0.223 e. The molecule has 0 unspecified atom stereocenters. The highest BCUT2D eigenvalue weighted by Crippen LogP contribution is 2.02. The summed E-state index contributed by atoms with van der Waals surface area (Å²) in [6.07, 6.45) is 0.589. The van der Waals surface area contributed by atoms with E-state index in [1.807, 2.05) is 0 Å². The molecule has 0 aromatic carbocycles. The van der Waals surface area contributed by atoms with E-state index >= 15 is 0 Å². The molecule has 0 aromatic rings. The van der Waals surface area contributed by atoms with Crippen LogP contribution in [-0.4, -0.2) is 74.0 Å². The average molecular weight is 224 g/mol. The highest BCUT2D eigenvalue weighted by molar-refractivity contribution is 5.75. The van der Waals surface area contributed by atoms with Crippen molar-refractivity contribution in [2.24, 2.45) is 0 Å². The van der Waals surface area contributed by atoms with E-state index in [1.165, 1.54) is 0 Å². The van der Waals surface area contributed by atoms with Gasteiger partial charge in [-0.15, -0.1) is 0 Å². The Bertz CT molecular complexity index is 264. The molecule has 0 aliphatic carbocycles. The lowest BCUT2D eigenvalue weighted by molar-refractivity contribution is -0.129. The van der Waals surface area contributed by atoms with Crippen LogP contribution in [0.15, 0.2) is 0 Å². The maximum atomic E-state index is 11.4. The minimum Gasteiger partial charge on any atom is -0.349 e. The number of nitriles is 1. The Morgan fingerprint density at radius 2 is 1.81 bits per heavy atom. The zero-order chi connectivity index (χ0) is 12.0. The third-order valence-electron chi connectivity index (χ3n) is 2.90. The first-order chi connectivity index (χ1) is 7.63. The monoisotopic (exact) mass is 224 g/mol. The van der Waals surface area contributed by atoms with Crippen molar-refractivity contribution in [3.8, 4) is 6.07 Å². The highest BCUT2D eigenvalue weighted by Gasteiger charge is 2.17. The van der Waals surface area contributed by atoms with Crippen LogP contribution in [0.3, 0.4) is 0 Å². The van der Waals surface area contributed by atoms with Gasteiger partial charge in [0, 0.05) is 53.2 Å². The molecule has 1 amide bonds. The number of piperazine rings is 1. The molecule has 1 rings (SSSR count). The van der Waals surface area contributed by atoms with E-state index in [4.69, 9.17) is 5.26 Å². The summed E-state index contributed by atoms with van der Waals surface area (Å²) in [7, 11) is 3.57. The maximum absolute atomic E-state index is 11.4. The van der Waals surface area contributed by atoms with E-state index in [0.717, 1.165) is 32.7 Å². The van der Waals surface area contributed by atoms with Crippen LogP contribution in [0.2, 0.25) is 0 Å². The second-order valence-corrected chi connectivity index (χ2v) is 4.31. The molecule has 0 aromatic heterocycles. The number of hydrogen-bond acceptors (Lipinski definition) is 4. The molecule has 0 saturated carbocycles. The second kappa shape index (κ2) is 6.46. The fourth-order valence-corrected chi connectivity index (χ4v) is 1.75. The van der Waals surface area contributed by atoms with Crippen molar-refractivity contribution in [2.45, 2.75) is 6.42 Å². The zero-order valence-corrected chi connectivity index (χ0v) is 10.1. The molecule has 1 saturated heterocycles. The molecular formula is C11H20N4O. The fourth-order valence-electron chi connectivity index (χ4n) is 1.75. The van der Waals surface area contributed by atoms with Gasteiger partial charge in [-0.05, 0) is 0 Å². The van der Waals surface area contributed by atoms with Gasteiger partial charge >= 0.3 is 0 Å². The summed E-state index contributed by atoms with van der Waals surface area (Å²) in [5.74, 6) is 0.180. The lowest BCUT2D eigenvalue weighted by atomic mass is 10.3. The van der Waals surface area contributed by atoms with E-state index in [2.05, 4.69) is 15.9 Å². The first-order valence-corrected chi connectivity index (χ1v) is 5.65. The molecule has 1 fully saturated rings. The van der Waals surface area contributed by atoms with Gasteiger partial charge in [0.05, 0.1) is 12.6 Å². The summed E-state index contributed by atoms with van der Waals surface area (Å²) in [6, 6.07) is 2.16. The third kappa shape index (κ3) is 4.17. The van der Waals surface area contributed by atoms with Gasteiger partial charge in [0.1, 0.15) is 0 Å². The molecule has 1 aliphatic rings. The number of carbonyl (C=O) groups excluding carboxylic acids is 1. The Kier molecular flexibility index (Phi) is 5.23. The molecule has 0 spiro atoms. The van der Waals surface area contributed by atoms with Gasteiger partial charge in [0.25, 0.3) is 0 Å². The third-order valence-corrected chi connectivity index (χ3v) is 2.90. The smallest absolute Gasteiger partial charge is 0.223 e. The van der Waals surface area contributed by atoms with Crippen molar-refractivity contribution in [1.29, 1.82) is 5.26 Å². The van der Waals surface area contributed by atoms with Crippen molar-refractivity contribution in [3.05, 3.63) is 0 Å². The van der Waals surface area contributed by atoms with Crippen LogP contribution >= 0.6 is 0 Å². The minimum atomic E-state index is 0.180. The van der Waals surface area contributed by atoms with Crippen molar-refractivity contribution < 1.29 is 4.79 Å². The molecular weight excluding hydrogens is 204 g/mol. The first-order valence-electron chi connectivity index (χ1n) is 5.65. The van der Waals surface area contributed by atoms with Gasteiger partial charge in [0.15, 0.2) is 0 Å². The summed E-state index contributed by atoms with van der Waals surface area (Å²) >= 11 is 0. The predicted octanol–water partition coefficient (Wildman–Crippen LogP) is -0.394. The van der Waals surface area contributed by atoms with E-state index < -0.39 is 0 Å². The van der Waals surface area contributed by atoms with Crippen LogP contribution in [-0.2, 0) is 4.79 Å². The quantitative estimate of drug-likeness (QED) is 0.610. The highest BCUT2D eigenvalue weighted by atomic mass is 16.2. The Morgan fingerprint density at radius 1 is 1.25 bits per heavy atom. The normalized spacial score (nSPS) is 18.1. The van der Waals surface area contributed by atoms with Crippen LogP contribution in [0, 0.1) is 11.3 Å². The summed E-state index contributed by atoms with van der Waals surface area (Å²) in [4.78, 5) is 17.5. The molecule has 0 atom stereocenters. The molecule has 0 radical (unpaired) electrons. The topological polar surface area (TPSA) is 50.6 Å². The first kappa shape index (κ1) is 12.9. The largest absolute Gasteiger partial charge is 0.349 e. The number of nitrogens with zero attached hydrogens (tertiary/aromatic N) is 4. The second-order valence-electron chi connectivity index (χ2n) is 4.31. The van der Waals surface area contributed by atoms with Gasteiger partial charge in [-0.3, -0.25) is 9.69 Å². The molecule has 16 heavy (non-hydrogen) atoms. The van der Waals surface area contributed by atoms with Crippen LogP contribution in [0.25, 0.3) is 0 Å². The van der Waals surface area contributed by atoms with Crippen molar-refractivity contribution in [2.75, 3.05) is 53.4 Å². The lowest BCUT2D eigenvalue weighted by Crippen LogP contribution is -2.47. The molecule has 1 heterocycles. The molecule has 1 aliphatic heterocycles. The van der Waals surface area contributed by atoms with E-state index in [0.29, 0.717) is 13.0 Å². The standard InChI is InChI=1S/C11H20N4O/c1-13(2)11(16)3-5-14-7-9-15(6-4-12)10-8-14/h3,5-10H2,1-2H3. The number of amides is 1. The van der Waals surface area contributed by atoms with Crippen molar-refractivity contribution >= 4 is 5.91 Å². The summed E-state index contributed by atoms with van der Waals surface area (Å²) < 4.78 is 0. The molecule has 0 bridgehead atoms. The predicted molar refractivity (Wildman–Crippen MR) is 61.8 cm³/mol.